The van der Waals surface area contributed by atoms with Gasteiger partial charge in [-0.3, -0.25) is 4.79 Å². The van der Waals surface area contributed by atoms with E-state index < -0.39 is 0 Å². The van der Waals surface area contributed by atoms with E-state index in [0.717, 1.165) is 18.4 Å². The highest BCUT2D eigenvalue weighted by atomic mass is 16.1. The molecule has 0 heterocycles. The van der Waals surface area contributed by atoms with Gasteiger partial charge in [-0.05, 0) is 43.4 Å². The Labute approximate surface area is 123 Å². The second-order valence-electron chi connectivity index (χ2n) is 6.20. The number of hydrogen-bond donors (Lipinski definition) is 1. The van der Waals surface area contributed by atoms with Gasteiger partial charge in [0.25, 0.3) is 0 Å². The van der Waals surface area contributed by atoms with Crippen molar-refractivity contribution in [2.45, 2.75) is 71.3 Å². The maximum absolute atomic E-state index is 12.2. The highest BCUT2D eigenvalue weighted by Gasteiger charge is 2.14. The number of nitrogens with one attached hydrogen (secondary N) is 1. The lowest BCUT2D eigenvalue weighted by Crippen LogP contribution is -2.36. The topological polar surface area (TPSA) is 29.1 Å². The summed E-state index contributed by atoms with van der Waals surface area (Å²) >= 11 is 0. The Bertz CT molecular complexity index is 445. The van der Waals surface area contributed by atoms with Gasteiger partial charge >= 0.3 is 0 Å². The number of amides is 1. The summed E-state index contributed by atoms with van der Waals surface area (Å²) in [6, 6.07) is 6.70. The van der Waals surface area contributed by atoms with E-state index in [1.807, 2.05) is 0 Å². The average Bonchev–Trinajstić information content (AvgIpc) is 2.37. The van der Waals surface area contributed by atoms with E-state index in [9.17, 15) is 4.79 Å². The Morgan fingerprint density at radius 3 is 2.35 bits per heavy atom. The van der Waals surface area contributed by atoms with Crippen LogP contribution in [0.25, 0.3) is 0 Å². The molecule has 0 aliphatic heterocycles. The molecule has 2 heteroatoms. The molecule has 0 bridgehead atoms. The quantitative estimate of drug-likeness (QED) is 0.883. The normalized spacial score (nSPS) is 17.3. The second-order valence-corrected chi connectivity index (χ2v) is 6.20. The SMILES string of the molecule is Cc1ccc(CC(=O)NC2CCCCCCC2)cc1C. The van der Waals surface area contributed by atoms with Crippen LogP contribution in [0, 0.1) is 13.8 Å². The fraction of sp³-hybridized carbons (Fsp3) is 0.611. The van der Waals surface area contributed by atoms with Crippen LogP contribution in [0.1, 0.15) is 61.6 Å². The van der Waals surface area contributed by atoms with Crippen LogP contribution < -0.4 is 5.32 Å². The number of aryl methyl sites for hydroxylation is 2. The minimum atomic E-state index is 0.179. The van der Waals surface area contributed by atoms with Crippen molar-refractivity contribution in [1.82, 2.24) is 5.32 Å². The van der Waals surface area contributed by atoms with Crippen molar-refractivity contribution in [2.24, 2.45) is 0 Å². The molecule has 2 nitrogen and oxygen atoms in total. The second kappa shape index (κ2) is 7.47. The smallest absolute Gasteiger partial charge is 0.224 e. The molecule has 1 N–H and O–H groups in total. The molecule has 110 valence electrons. The third-order valence-corrected chi connectivity index (χ3v) is 4.41. The van der Waals surface area contributed by atoms with Gasteiger partial charge < -0.3 is 5.32 Å². The summed E-state index contributed by atoms with van der Waals surface area (Å²) in [7, 11) is 0. The Hall–Kier alpha value is -1.31. The number of benzene rings is 1. The first-order chi connectivity index (χ1) is 9.65. The molecule has 0 radical (unpaired) electrons. The maximum Gasteiger partial charge on any atom is 0.224 e. The minimum Gasteiger partial charge on any atom is -0.353 e. The Kier molecular flexibility index (Phi) is 5.63. The molecule has 0 saturated heterocycles. The summed E-state index contributed by atoms with van der Waals surface area (Å²) in [5.41, 5.74) is 3.67. The monoisotopic (exact) mass is 273 g/mol. The molecule has 20 heavy (non-hydrogen) atoms. The van der Waals surface area contributed by atoms with Gasteiger partial charge in [0, 0.05) is 6.04 Å². The standard InChI is InChI=1S/C18H27NO/c1-14-10-11-16(12-15(14)2)13-18(20)19-17-8-6-4-3-5-7-9-17/h10-12,17H,3-9,13H2,1-2H3,(H,19,20). The van der Waals surface area contributed by atoms with Gasteiger partial charge in [0.1, 0.15) is 0 Å². The van der Waals surface area contributed by atoms with E-state index in [1.165, 1.54) is 43.2 Å². The Morgan fingerprint density at radius 2 is 1.70 bits per heavy atom. The van der Waals surface area contributed by atoms with Gasteiger partial charge in [-0.2, -0.15) is 0 Å². The van der Waals surface area contributed by atoms with Crippen LogP contribution in [0.15, 0.2) is 18.2 Å². The van der Waals surface area contributed by atoms with E-state index in [2.05, 4.69) is 37.4 Å². The minimum absolute atomic E-state index is 0.179. The molecule has 1 aromatic rings. The molecule has 1 amide bonds. The summed E-state index contributed by atoms with van der Waals surface area (Å²) in [5, 5.41) is 3.23. The summed E-state index contributed by atoms with van der Waals surface area (Å²) in [4.78, 5) is 12.2. The van der Waals surface area contributed by atoms with Gasteiger partial charge in [0.05, 0.1) is 6.42 Å². The molecule has 1 saturated carbocycles. The number of hydrogen-bond acceptors (Lipinski definition) is 1. The molecule has 1 aromatic carbocycles. The predicted molar refractivity (Wildman–Crippen MR) is 83.9 cm³/mol. The molecule has 1 aliphatic carbocycles. The molecule has 1 aliphatic rings. The third-order valence-electron chi connectivity index (χ3n) is 4.41. The largest absolute Gasteiger partial charge is 0.353 e. The lowest BCUT2D eigenvalue weighted by molar-refractivity contribution is -0.121. The molecule has 0 aromatic heterocycles. The lowest BCUT2D eigenvalue weighted by atomic mass is 9.96. The average molecular weight is 273 g/mol. The van der Waals surface area contributed by atoms with Gasteiger partial charge in [0.2, 0.25) is 5.91 Å². The lowest BCUT2D eigenvalue weighted by Gasteiger charge is -2.21. The number of carbonyl (C=O) groups excluding carboxylic acids is 1. The molecular weight excluding hydrogens is 246 g/mol. The number of carbonyl (C=O) groups is 1. The van der Waals surface area contributed by atoms with E-state index in [1.54, 1.807) is 0 Å². The van der Waals surface area contributed by atoms with Crippen LogP contribution in [-0.2, 0) is 11.2 Å². The van der Waals surface area contributed by atoms with Gasteiger partial charge in [-0.1, -0.05) is 50.3 Å². The fourth-order valence-corrected chi connectivity index (χ4v) is 2.98. The van der Waals surface area contributed by atoms with Crippen LogP contribution in [0.5, 0.6) is 0 Å². The van der Waals surface area contributed by atoms with Crippen molar-refractivity contribution in [2.75, 3.05) is 0 Å². The van der Waals surface area contributed by atoms with Gasteiger partial charge in [-0.15, -0.1) is 0 Å². The van der Waals surface area contributed by atoms with Gasteiger partial charge in [-0.25, -0.2) is 0 Å². The molecule has 1 fully saturated rings. The van der Waals surface area contributed by atoms with Crippen molar-refractivity contribution in [1.29, 1.82) is 0 Å². The zero-order chi connectivity index (χ0) is 14.4. The Morgan fingerprint density at radius 1 is 1.05 bits per heavy atom. The fourth-order valence-electron chi connectivity index (χ4n) is 2.98. The van der Waals surface area contributed by atoms with Crippen molar-refractivity contribution in [3.8, 4) is 0 Å². The van der Waals surface area contributed by atoms with Crippen LogP contribution in [0.4, 0.5) is 0 Å². The first kappa shape index (κ1) is 15.1. The van der Waals surface area contributed by atoms with Crippen molar-refractivity contribution < 1.29 is 4.79 Å². The molecule has 0 unspecified atom stereocenters. The highest BCUT2D eigenvalue weighted by Crippen LogP contribution is 2.17. The molecule has 2 rings (SSSR count). The third kappa shape index (κ3) is 4.66. The van der Waals surface area contributed by atoms with Crippen molar-refractivity contribution in [3.05, 3.63) is 34.9 Å². The van der Waals surface area contributed by atoms with E-state index in [-0.39, 0.29) is 5.91 Å². The highest BCUT2D eigenvalue weighted by molar-refractivity contribution is 5.78. The Balaban J connectivity index is 1.85. The van der Waals surface area contributed by atoms with Crippen LogP contribution >= 0.6 is 0 Å². The van der Waals surface area contributed by atoms with E-state index in [4.69, 9.17) is 0 Å². The number of rotatable bonds is 3. The van der Waals surface area contributed by atoms with E-state index in [0.29, 0.717) is 12.5 Å². The molecule has 0 atom stereocenters. The summed E-state index contributed by atoms with van der Waals surface area (Å²) in [6.45, 7) is 4.21. The zero-order valence-electron chi connectivity index (χ0n) is 12.9. The first-order valence-corrected chi connectivity index (χ1v) is 8.00. The van der Waals surface area contributed by atoms with Gasteiger partial charge in [0.15, 0.2) is 0 Å². The van der Waals surface area contributed by atoms with Crippen LogP contribution in [-0.4, -0.2) is 11.9 Å². The van der Waals surface area contributed by atoms with Crippen LogP contribution in [0.2, 0.25) is 0 Å². The van der Waals surface area contributed by atoms with Crippen LogP contribution in [0.3, 0.4) is 0 Å². The summed E-state index contributed by atoms with van der Waals surface area (Å²) in [6.07, 6.45) is 9.34. The first-order valence-electron chi connectivity index (χ1n) is 8.00. The van der Waals surface area contributed by atoms with Crippen molar-refractivity contribution in [3.63, 3.8) is 0 Å². The van der Waals surface area contributed by atoms with Crippen molar-refractivity contribution >= 4 is 5.91 Å². The molecule has 0 spiro atoms. The summed E-state index contributed by atoms with van der Waals surface area (Å²) in [5.74, 6) is 0.179. The predicted octanol–water partition coefficient (Wildman–Crippen LogP) is 4.08. The maximum atomic E-state index is 12.2. The molecular formula is C18H27NO. The summed E-state index contributed by atoms with van der Waals surface area (Å²) < 4.78 is 0. The zero-order valence-corrected chi connectivity index (χ0v) is 12.9. The van der Waals surface area contributed by atoms with E-state index >= 15 is 0 Å².